The third-order valence-electron chi connectivity index (χ3n) is 2.29. The molecule has 1 rings (SSSR count). The van der Waals surface area contributed by atoms with Crippen LogP contribution in [0.1, 0.15) is 12.5 Å². The lowest BCUT2D eigenvalue weighted by atomic mass is 10.0. The Labute approximate surface area is 83.7 Å². The van der Waals surface area contributed by atoms with Crippen LogP contribution in [-0.2, 0) is 5.72 Å². The summed E-state index contributed by atoms with van der Waals surface area (Å²) >= 11 is 0. The highest BCUT2D eigenvalue weighted by Gasteiger charge is 2.27. The van der Waals surface area contributed by atoms with Gasteiger partial charge in [-0.25, -0.2) is 0 Å². The van der Waals surface area contributed by atoms with E-state index in [0.717, 1.165) is 0 Å². The number of phenols is 1. The van der Waals surface area contributed by atoms with Crippen LogP contribution in [0.2, 0.25) is 0 Å². The van der Waals surface area contributed by atoms with Gasteiger partial charge in [-0.15, -0.1) is 0 Å². The van der Waals surface area contributed by atoms with Crippen LogP contribution < -0.4 is 0 Å². The van der Waals surface area contributed by atoms with Crippen molar-refractivity contribution in [1.29, 1.82) is 0 Å². The van der Waals surface area contributed by atoms with E-state index in [1.807, 2.05) is 0 Å². The summed E-state index contributed by atoms with van der Waals surface area (Å²) in [6.45, 7) is 1.64. The monoisotopic (exact) mass is 199 g/mol. The zero-order chi connectivity index (χ0) is 10.1. The van der Waals surface area contributed by atoms with E-state index < -0.39 is 5.72 Å². The lowest BCUT2D eigenvalue weighted by molar-refractivity contribution is -0.0734. The summed E-state index contributed by atoms with van der Waals surface area (Å²) in [4.78, 5) is 1.64. The third-order valence-corrected chi connectivity index (χ3v) is 2.29. The van der Waals surface area contributed by atoms with E-state index >= 15 is 0 Å². The van der Waals surface area contributed by atoms with Crippen LogP contribution in [0.15, 0.2) is 24.3 Å². The zero-order valence-electron chi connectivity index (χ0n) is 8.65. The van der Waals surface area contributed by atoms with Gasteiger partial charge in [-0.2, -0.15) is 0 Å². The number of aliphatic hydroxyl groups is 1. The van der Waals surface area contributed by atoms with E-state index in [1.54, 1.807) is 50.2 Å². The molecular formula is C10H17NO3. The Morgan fingerprint density at radius 2 is 1.71 bits per heavy atom. The van der Waals surface area contributed by atoms with Crippen LogP contribution in [0, 0.1) is 0 Å². The molecule has 80 valence electrons. The summed E-state index contributed by atoms with van der Waals surface area (Å²) in [5.74, 6) is 0.112. The van der Waals surface area contributed by atoms with Gasteiger partial charge in [0.1, 0.15) is 11.5 Å². The first-order chi connectivity index (χ1) is 5.96. The van der Waals surface area contributed by atoms with Crippen molar-refractivity contribution < 1.29 is 15.7 Å². The van der Waals surface area contributed by atoms with Crippen LogP contribution in [0.25, 0.3) is 0 Å². The number of rotatable bonds is 2. The molecule has 4 nitrogen and oxygen atoms in total. The van der Waals surface area contributed by atoms with Gasteiger partial charge in [0.2, 0.25) is 0 Å². The topological polar surface area (TPSA) is 75.2 Å². The van der Waals surface area contributed by atoms with Gasteiger partial charge in [0, 0.05) is 5.56 Å². The molecule has 0 saturated heterocycles. The fraction of sp³-hybridized carbons (Fsp3) is 0.400. The normalized spacial score (nSPS) is 14.6. The minimum atomic E-state index is -1.13. The minimum Gasteiger partial charge on any atom is -0.508 e. The zero-order valence-corrected chi connectivity index (χ0v) is 8.65. The van der Waals surface area contributed by atoms with E-state index in [0.29, 0.717) is 5.56 Å². The fourth-order valence-corrected chi connectivity index (χ4v) is 1.12. The molecule has 14 heavy (non-hydrogen) atoms. The van der Waals surface area contributed by atoms with Gasteiger partial charge in [0.15, 0.2) is 0 Å². The molecule has 0 radical (unpaired) electrons. The molecule has 1 aromatic rings. The number of phenolic OH excluding ortho intramolecular Hbond substituents is 1. The van der Waals surface area contributed by atoms with Gasteiger partial charge in [0.05, 0.1) is 0 Å². The molecule has 4 heteroatoms. The molecule has 0 aliphatic carbocycles. The molecule has 4 N–H and O–H groups in total. The molecule has 1 aromatic carbocycles. The molecule has 0 amide bonds. The predicted molar refractivity (Wildman–Crippen MR) is 55.0 cm³/mol. The van der Waals surface area contributed by atoms with Gasteiger partial charge in [0.25, 0.3) is 0 Å². The van der Waals surface area contributed by atoms with Crippen molar-refractivity contribution in [3.63, 3.8) is 0 Å². The highest BCUT2D eigenvalue weighted by Crippen LogP contribution is 2.29. The Bertz CT molecular complexity index is 297. The molecule has 0 aliphatic heterocycles. The van der Waals surface area contributed by atoms with Gasteiger partial charge < -0.3 is 15.7 Å². The number of nitrogens with zero attached hydrogens (tertiary/aromatic N) is 1. The maximum Gasteiger partial charge on any atom is 0.144 e. The fourth-order valence-electron chi connectivity index (χ4n) is 1.12. The summed E-state index contributed by atoms with van der Waals surface area (Å²) in [5.41, 5.74) is -0.620. The Hall–Kier alpha value is -1.10. The lowest BCUT2D eigenvalue weighted by Crippen LogP contribution is -2.38. The third kappa shape index (κ3) is 2.23. The summed E-state index contributed by atoms with van der Waals surface area (Å²) in [7, 11) is 3.51. The highest BCUT2D eigenvalue weighted by molar-refractivity contribution is 5.35. The second-order valence-corrected chi connectivity index (χ2v) is 3.43. The number of para-hydroxylation sites is 1. The second-order valence-electron chi connectivity index (χ2n) is 3.43. The largest absolute Gasteiger partial charge is 0.508 e. The van der Waals surface area contributed by atoms with E-state index in [-0.39, 0.29) is 11.2 Å². The summed E-state index contributed by atoms with van der Waals surface area (Å²) in [6, 6.07) is 6.78. The molecule has 0 fully saturated rings. The Kier molecular flexibility index (Phi) is 4.07. The molecule has 0 aliphatic rings. The van der Waals surface area contributed by atoms with Crippen LogP contribution in [0.4, 0.5) is 0 Å². The van der Waals surface area contributed by atoms with Crippen LogP contribution >= 0.6 is 0 Å². The first-order valence-corrected chi connectivity index (χ1v) is 4.14. The molecule has 0 bridgehead atoms. The SMILES string of the molecule is CN(C)C(C)(O)c1ccccc1O.O. The molecule has 0 spiro atoms. The van der Waals surface area contributed by atoms with Gasteiger partial charge in [-0.1, -0.05) is 18.2 Å². The molecule has 0 heterocycles. The van der Waals surface area contributed by atoms with Crippen molar-refractivity contribution >= 4 is 0 Å². The van der Waals surface area contributed by atoms with Crippen LogP contribution in [-0.4, -0.2) is 34.7 Å². The first-order valence-electron chi connectivity index (χ1n) is 4.14. The van der Waals surface area contributed by atoms with Crippen LogP contribution in [0.5, 0.6) is 5.75 Å². The van der Waals surface area contributed by atoms with Crippen molar-refractivity contribution in [2.24, 2.45) is 0 Å². The smallest absolute Gasteiger partial charge is 0.144 e. The van der Waals surface area contributed by atoms with Gasteiger partial charge >= 0.3 is 0 Å². The van der Waals surface area contributed by atoms with Crippen molar-refractivity contribution in [3.8, 4) is 5.75 Å². The number of aromatic hydroxyl groups is 1. The van der Waals surface area contributed by atoms with Crippen molar-refractivity contribution in [3.05, 3.63) is 29.8 Å². The predicted octanol–water partition coefficient (Wildman–Crippen LogP) is 0.294. The molecule has 0 saturated carbocycles. The van der Waals surface area contributed by atoms with E-state index in [9.17, 15) is 10.2 Å². The second kappa shape index (κ2) is 4.41. The first kappa shape index (κ1) is 12.9. The van der Waals surface area contributed by atoms with Crippen molar-refractivity contribution in [2.45, 2.75) is 12.6 Å². The Balaban J connectivity index is 0.00000169. The van der Waals surface area contributed by atoms with Crippen molar-refractivity contribution in [2.75, 3.05) is 14.1 Å². The van der Waals surface area contributed by atoms with E-state index in [2.05, 4.69) is 0 Å². The van der Waals surface area contributed by atoms with Crippen LogP contribution in [0.3, 0.4) is 0 Å². The summed E-state index contributed by atoms with van der Waals surface area (Å²) in [5, 5.41) is 19.5. The Morgan fingerprint density at radius 3 is 2.14 bits per heavy atom. The summed E-state index contributed by atoms with van der Waals surface area (Å²) < 4.78 is 0. The lowest BCUT2D eigenvalue weighted by Gasteiger charge is -2.31. The number of benzene rings is 1. The van der Waals surface area contributed by atoms with Crippen molar-refractivity contribution in [1.82, 2.24) is 4.90 Å². The highest BCUT2D eigenvalue weighted by atomic mass is 16.3. The number of hydrogen-bond acceptors (Lipinski definition) is 3. The molecular weight excluding hydrogens is 182 g/mol. The average Bonchev–Trinajstić information content (AvgIpc) is 2.04. The molecule has 0 aromatic heterocycles. The van der Waals surface area contributed by atoms with E-state index in [1.165, 1.54) is 0 Å². The number of hydrogen-bond donors (Lipinski definition) is 2. The maximum atomic E-state index is 10.0. The average molecular weight is 199 g/mol. The summed E-state index contributed by atoms with van der Waals surface area (Å²) in [6.07, 6.45) is 0. The molecule has 1 unspecified atom stereocenters. The Morgan fingerprint density at radius 1 is 1.21 bits per heavy atom. The maximum absolute atomic E-state index is 10.0. The van der Waals surface area contributed by atoms with Gasteiger partial charge in [-0.05, 0) is 27.1 Å². The molecule has 1 atom stereocenters. The minimum absolute atomic E-state index is 0. The van der Waals surface area contributed by atoms with E-state index in [4.69, 9.17) is 0 Å². The standard InChI is InChI=1S/C10H15NO2.H2O/c1-10(13,11(2)3)8-6-4-5-7-9(8)12;/h4-7,12-13H,1-3H3;1H2. The van der Waals surface area contributed by atoms with Gasteiger partial charge in [-0.3, -0.25) is 4.90 Å². The quantitative estimate of drug-likeness (QED) is 0.672.